The molecule has 30 heavy (non-hydrogen) atoms. The van der Waals surface area contributed by atoms with E-state index >= 15 is 0 Å². The average molecular weight is 416 g/mol. The predicted octanol–water partition coefficient (Wildman–Crippen LogP) is 4.53. The van der Waals surface area contributed by atoms with Crippen molar-refractivity contribution < 1.29 is 13.9 Å². The average Bonchev–Trinajstić information content (AvgIpc) is 3.01. The van der Waals surface area contributed by atoms with Crippen molar-refractivity contribution in [2.24, 2.45) is 0 Å². The van der Waals surface area contributed by atoms with Gasteiger partial charge >= 0.3 is 0 Å². The minimum atomic E-state index is -0.701. The molecule has 0 atom stereocenters. The molecule has 1 aromatic carbocycles. The highest BCUT2D eigenvalue weighted by molar-refractivity contribution is 5.76. The maximum Gasteiger partial charge on any atom is 0.224 e. The first-order valence-electron chi connectivity index (χ1n) is 10.2. The first-order valence-corrected chi connectivity index (χ1v) is 10.2. The Morgan fingerprint density at radius 1 is 1.20 bits per heavy atom. The Bertz CT molecular complexity index is 1060. The van der Waals surface area contributed by atoms with E-state index in [4.69, 9.17) is 0 Å². The lowest BCUT2D eigenvalue weighted by molar-refractivity contribution is 0.0105. The zero-order valence-corrected chi connectivity index (χ0v) is 17.3. The highest BCUT2D eigenvalue weighted by Gasteiger charge is 2.32. The molecule has 1 aliphatic carbocycles. The van der Waals surface area contributed by atoms with Gasteiger partial charge in [0.15, 0.2) is 5.65 Å². The fraction of sp³-hybridized carbons (Fsp3) is 0.476. The standard InChI is InChI=1S/C21H26F2N6O/c1-12(2)25-19-24-11-17-18(28-19)29(14-6-8-21(3,30)9-7-14)20(27-17)26-16-5-4-13(22)10-15(16)23/h4-5,10-12,14,30H,6-9H2,1-3H3,(H,26,27)(H,24,25,28)/t14-,21+. The van der Waals surface area contributed by atoms with E-state index < -0.39 is 17.2 Å². The second kappa shape index (κ2) is 7.79. The largest absolute Gasteiger partial charge is 0.390 e. The Balaban J connectivity index is 1.77. The van der Waals surface area contributed by atoms with Gasteiger partial charge in [0.2, 0.25) is 11.9 Å². The van der Waals surface area contributed by atoms with Gasteiger partial charge in [-0.05, 0) is 58.6 Å². The zero-order valence-electron chi connectivity index (χ0n) is 17.3. The van der Waals surface area contributed by atoms with Gasteiger partial charge in [-0.15, -0.1) is 0 Å². The van der Waals surface area contributed by atoms with Crippen molar-refractivity contribution in [3.8, 4) is 0 Å². The van der Waals surface area contributed by atoms with Gasteiger partial charge in [0.25, 0.3) is 0 Å². The van der Waals surface area contributed by atoms with E-state index in [0.29, 0.717) is 35.9 Å². The first-order chi connectivity index (χ1) is 14.2. The van der Waals surface area contributed by atoms with Gasteiger partial charge < -0.3 is 15.7 Å². The molecule has 0 bridgehead atoms. The number of hydrogen-bond acceptors (Lipinski definition) is 6. The fourth-order valence-corrected chi connectivity index (χ4v) is 3.85. The van der Waals surface area contributed by atoms with E-state index in [0.717, 1.165) is 18.9 Å². The number of benzene rings is 1. The van der Waals surface area contributed by atoms with Gasteiger partial charge in [0.1, 0.15) is 17.2 Å². The van der Waals surface area contributed by atoms with Crippen LogP contribution in [0, 0.1) is 11.6 Å². The summed E-state index contributed by atoms with van der Waals surface area (Å²) in [6, 6.07) is 3.56. The van der Waals surface area contributed by atoms with Gasteiger partial charge in [0.05, 0.1) is 17.5 Å². The highest BCUT2D eigenvalue weighted by Crippen LogP contribution is 2.38. The Morgan fingerprint density at radius 2 is 1.93 bits per heavy atom. The number of nitrogens with zero attached hydrogens (tertiary/aromatic N) is 4. The summed E-state index contributed by atoms with van der Waals surface area (Å²) in [7, 11) is 0. The number of nitrogens with one attached hydrogen (secondary N) is 2. The van der Waals surface area contributed by atoms with E-state index in [1.165, 1.54) is 12.1 Å². The molecule has 4 rings (SSSR count). The Morgan fingerprint density at radius 3 is 2.60 bits per heavy atom. The molecule has 2 heterocycles. The van der Waals surface area contributed by atoms with E-state index in [1.54, 1.807) is 6.20 Å². The number of aromatic nitrogens is 4. The minimum absolute atomic E-state index is 0.0306. The molecule has 0 saturated heterocycles. The lowest BCUT2D eigenvalue weighted by Gasteiger charge is -2.34. The summed E-state index contributed by atoms with van der Waals surface area (Å²) < 4.78 is 29.5. The summed E-state index contributed by atoms with van der Waals surface area (Å²) in [5.74, 6) is -0.441. The molecule has 2 aromatic heterocycles. The van der Waals surface area contributed by atoms with Crippen molar-refractivity contribution in [2.75, 3.05) is 10.6 Å². The van der Waals surface area contributed by atoms with Crippen molar-refractivity contribution in [1.82, 2.24) is 19.5 Å². The van der Waals surface area contributed by atoms with Crippen LogP contribution in [0.1, 0.15) is 52.5 Å². The smallest absolute Gasteiger partial charge is 0.224 e. The van der Waals surface area contributed by atoms with E-state index in [-0.39, 0.29) is 17.8 Å². The normalized spacial score (nSPS) is 21.9. The molecule has 0 spiro atoms. The molecule has 1 aliphatic rings. The quantitative estimate of drug-likeness (QED) is 0.566. The molecule has 0 radical (unpaired) electrons. The molecule has 7 nitrogen and oxygen atoms in total. The summed E-state index contributed by atoms with van der Waals surface area (Å²) in [4.78, 5) is 13.5. The molecule has 9 heteroatoms. The van der Waals surface area contributed by atoms with E-state index in [1.807, 2.05) is 25.3 Å². The van der Waals surface area contributed by atoms with Crippen molar-refractivity contribution in [3.63, 3.8) is 0 Å². The number of rotatable bonds is 5. The highest BCUT2D eigenvalue weighted by atomic mass is 19.1. The third-order valence-corrected chi connectivity index (χ3v) is 5.43. The van der Waals surface area contributed by atoms with Crippen molar-refractivity contribution >= 4 is 28.7 Å². The zero-order chi connectivity index (χ0) is 21.5. The number of halogens is 2. The second-order valence-electron chi connectivity index (χ2n) is 8.48. The van der Waals surface area contributed by atoms with Crippen LogP contribution in [0.15, 0.2) is 24.4 Å². The van der Waals surface area contributed by atoms with Crippen LogP contribution in [0.4, 0.5) is 26.4 Å². The van der Waals surface area contributed by atoms with Crippen molar-refractivity contribution in [2.45, 2.75) is 64.1 Å². The number of hydrogen-bond donors (Lipinski definition) is 3. The van der Waals surface area contributed by atoms with Gasteiger partial charge in [0, 0.05) is 18.2 Å². The number of aliphatic hydroxyl groups is 1. The molecule has 3 N–H and O–H groups in total. The lowest BCUT2D eigenvalue weighted by Crippen LogP contribution is -2.31. The summed E-state index contributed by atoms with van der Waals surface area (Å²) in [5.41, 5.74) is 0.642. The van der Waals surface area contributed by atoms with Crippen LogP contribution in [0.3, 0.4) is 0 Å². The van der Waals surface area contributed by atoms with Crippen LogP contribution >= 0.6 is 0 Å². The molecule has 160 valence electrons. The molecule has 0 unspecified atom stereocenters. The summed E-state index contributed by atoms with van der Waals surface area (Å²) >= 11 is 0. The number of imidazole rings is 1. The summed E-state index contributed by atoms with van der Waals surface area (Å²) in [6.45, 7) is 5.84. The third-order valence-electron chi connectivity index (χ3n) is 5.43. The molecule has 0 aliphatic heterocycles. The van der Waals surface area contributed by atoms with Gasteiger partial charge in [-0.3, -0.25) is 4.57 Å². The Labute approximate surface area is 173 Å². The molecule has 3 aromatic rings. The summed E-state index contributed by atoms with van der Waals surface area (Å²) in [6.07, 6.45) is 4.38. The monoisotopic (exact) mass is 416 g/mol. The van der Waals surface area contributed by atoms with Crippen LogP contribution in [-0.4, -0.2) is 36.3 Å². The van der Waals surface area contributed by atoms with Crippen LogP contribution < -0.4 is 10.6 Å². The minimum Gasteiger partial charge on any atom is -0.390 e. The van der Waals surface area contributed by atoms with E-state index in [2.05, 4.69) is 25.6 Å². The van der Waals surface area contributed by atoms with E-state index in [9.17, 15) is 13.9 Å². The van der Waals surface area contributed by atoms with Crippen molar-refractivity contribution in [1.29, 1.82) is 0 Å². The van der Waals surface area contributed by atoms with Crippen LogP contribution in [0.2, 0.25) is 0 Å². The Hall–Kier alpha value is -2.81. The second-order valence-corrected chi connectivity index (χ2v) is 8.48. The lowest BCUT2D eigenvalue weighted by atomic mass is 9.83. The van der Waals surface area contributed by atoms with Crippen LogP contribution in [0.5, 0.6) is 0 Å². The first kappa shape index (κ1) is 20.5. The van der Waals surface area contributed by atoms with Gasteiger partial charge in [-0.25, -0.2) is 18.7 Å². The summed E-state index contributed by atoms with van der Waals surface area (Å²) in [5, 5.41) is 16.5. The molecular weight excluding hydrogens is 390 g/mol. The maximum absolute atomic E-state index is 14.3. The number of anilines is 3. The van der Waals surface area contributed by atoms with Gasteiger partial charge in [-0.2, -0.15) is 4.98 Å². The van der Waals surface area contributed by atoms with Crippen molar-refractivity contribution in [3.05, 3.63) is 36.0 Å². The molecule has 1 fully saturated rings. The molecular formula is C21H26F2N6O. The van der Waals surface area contributed by atoms with Gasteiger partial charge in [-0.1, -0.05) is 0 Å². The maximum atomic E-state index is 14.3. The van der Waals surface area contributed by atoms with Crippen LogP contribution in [-0.2, 0) is 0 Å². The molecule has 0 amide bonds. The SMILES string of the molecule is CC(C)Nc1ncc2nc(Nc3ccc(F)cc3F)n([C@H]3CC[C@@](C)(O)CC3)c2n1. The van der Waals surface area contributed by atoms with Crippen LogP contribution in [0.25, 0.3) is 11.2 Å². The Kier molecular flexibility index (Phi) is 5.31. The number of fused-ring (bicyclic) bond motifs is 1. The predicted molar refractivity (Wildman–Crippen MR) is 112 cm³/mol. The molecule has 1 saturated carbocycles. The third kappa shape index (κ3) is 4.21. The fourth-order valence-electron chi connectivity index (χ4n) is 3.85. The topological polar surface area (TPSA) is 87.9 Å².